The van der Waals surface area contributed by atoms with Gasteiger partial charge in [-0.2, -0.15) is 0 Å². The van der Waals surface area contributed by atoms with Crippen LogP contribution in [0.25, 0.3) is 11.3 Å². The molecule has 7 heteroatoms. The summed E-state index contributed by atoms with van der Waals surface area (Å²) >= 11 is 0. The van der Waals surface area contributed by atoms with E-state index in [2.05, 4.69) is 0 Å². The number of ether oxygens (including phenoxy) is 1. The van der Waals surface area contributed by atoms with Crippen LogP contribution in [-0.2, 0) is 4.74 Å². The van der Waals surface area contributed by atoms with Crippen molar-refractivity contribution in [2.75, 3.05) is 6.73 Å². The lowest BCUT2D eigenvalue weighted by atomic mass is 10.1. The van der Waals surface area contributed by atoms with Crippen LogP contribution in [0, 0.1) is 5.82 Å². The average molecular weight is 365 g/mol. The molecule has 2 aromatic carbocycles. The van der Waals surface area contributed by atoms with E-state index in [1.165, 1.54) is 30.3 Å². The average Bonchev–Trinajstić information content (AvgIpc) is 3.26. The second kappa shape index (κ2) is 6.53. The van der Waals surface area contributed by atoms with Crippen molar-refractivity contribution in [1.29, 1.82) is 0 Å². The monoisotopic (exact) mass is 365 g/mol. The van der Waals surface area contributed by atoms with Gasteiger partial charge in [-0.1, -0.05) is 12.1 Å². The minimum atomic E-state index is -0.820. The summed E-state index contributed by atoms with van der Waals surface area (Å²) in [5, 5.41) is 0. The van der Waals surface area contributed by atoms with Crippen molar-refractivity contribution in [1.82, 2.24) is 4.90 Å². The Balaban J connectivity index is 1.44. The molecular weight excluding hydrogens is 353 g/mol. The molecule has 0 aliphatic carbocycles. The predicted molar refractivity (Wildman–Crippen MR) is 91.3 cm³/mol. The van der Waals surface area contributed by atoms with Crippen molar-refractivity contribution >= 4 is 17.8 Å². The second-order valence-electron chi connectivity index (χ2n) is 5.82. The van der Waals surface area contributed by atoms with Gasteiger partial charge in [-0.25, -0.2) is 14.1 Å². The van der Waals surface area contributed by atoms with Gasteiger partial charge in [-0.3, -0.25) is 9.59 Å². The number of fused-ring (bicyclic) bond motifs is 1. The van der Waals surface area contributed by atoms with E-state index in [9.17, 15) is 18.8 Å². The third-order valence-electron chi connectivity index (χ3n) is 4.14. The highest BCUT2D eigenvalue weighted by atomic mass is 19.1. The number of imide groups is 1. The van der Waals surface area contributed by atoms with Crippen LogP contribution in [-0.4, -0.2) is 29.4 Å². The fourth-order valence-electron chi connectivity index (χ4n) is 2.77. The Hall–Kier alpha value is -3.74. The minimum absolute atomic E-state index is 0.0917. The quantitative estimate of drug-likeness (QED) is 0.522. The molecule has 2 heterocycles. The number of carbonyl (C=O) groups is 3. The van der Waals surface area contributed by atoms with Gasteiger partial charge < -0.3 is 9.15 Å². The van der Waals surface area contributed by atoms with E-state index in [1.54, 1.807) is 30.3 Å². The molecule has 0 saturated heterocycles. The SMILES string of the molecule is O=C(OCN1C(=O)c2ccccc2C1=O)c1ccc(-c2ccc(F)cc2)o1. The van der Waals surface area contributed by atoms with Crippen LogP contribution in [0.3, 0.4) is 0 Å². The van der Waals surface area contributed by atoms with Crippen LogP contribution in [0.1, 0.15) is 31.3 Å². The van der Waals surface area contributed by atoms with Gasteiger partial charge in [0, 0.05) is 5.56 Å². The van der Waals surface area contributed by atoms with Crippen molar-refractivity contribution in [2.24, 2.45) is 0 Å². The highest BCUT2D eigenvalue weighted by Gasteiger charge is 2.36. The minimum Gasteiger partial charge on any atom is -0.449 e. The van der Waals surface area contributed by atoms with Gasteiger partial charge in [0.1, 0.15) is 11.6 Å². The van der Waals surface area contributed by atoms with Crippen molar-refractivity contribution in [3.8, 4) is 11.3 Å². The number of nitrogens with zero attached hydrogens (tertiary/aromatic N) is 1. The van der Waals surface area contributed by atoms with E-state index in [0.717, 1.165) is 4.90 Å². The predicted octanol–water partition coefficient (Wildman–Crippen LogP) is 3.50. The molecule has 0 unspecified atom stereocenters. The molecule has 3 aromatic rings. The Bertz CT molecular complexity index is 1020. The van der Waals surface area contributed by atoms with Crippen LogP contribution >= 0.6 is 0 Å². The summed E-state index contributed by atoms with van der Waals surface area (Å²) in [6.07, 6.45) is 0. The molecule has 1 aliphatic heterocycles. The first kappa shape index (κ1) is 16.7. The first-order valence-electron chi connectivity index (χ1n) is 8.03. The van der Waals surface area contributed by atoms with Crippen molar-refractivity contribution in [2.45, 2.75) is 0 Å². The molecule has 27 heavy (non-hydrogen) atoms. The van der Waals surface area contributed by atoms with E-state index < -0.39 is 24.5 Å². The Morgan fingerprint density at radius 3 is 2.19 bits per heavy atom. The Morgan fingerprint density at radius 2 is 1.56 bits per heavy atom. The number of amides is 2. The summed E-state index contributed by atoms with van der Waals surface area (Å²) < 4.78 is 23.4. The van der Waals surface area contributed by atoms with Gasteiger partial charge in [-0.15, -0.1) is 0 Å². The van der Waals surface area contributed by atoms with E-state index in [0.29, 0.717) is 11.3 Å². The van der Waals surface area contributed by atoms with Gasteiger partial charge in [0.05, 0.1) is 11.1 Å². The van der Waals surface area contributed by atoms with Gasteiger partial charge in [0.25, 0.3) is 11.8 Å². The van der Waals surface area contributed by atoms with Crippen molar-refractivity contribution < 1.29 is 27.9 Å². The summed E-state index contributed by atoms with van der Waals surface area (Å²) in [7, 11) is 0. The maximum atomic E-state index is 13.0. The smallest absolute Gasteiger partial charge is 0.375 e. The number of furan rings is 1. The van der Waals surface area contributed by atoms with E-state index >= 15 is 0 Å². The topological polar surface area (TPSA) is 76.8 Å². The maximum absolute atomic E-state index is 13.0. The second-order valence-corrected chi connectivity index (χ2v) is 5.82. The molecule has 6 nitrogen and oxygen atoms in total. The lowest BCUT2D eigenvalue weighted by Crippen LogP contribution is -2.33. The molecule has 0 atom stereocenters. The standard InChI is InChI=1S/C20H12FNO5/c21-13-7-5-12(6-8-13)16-9-10-17(27-16)20(25)26-11-22-18(23)14-3-1-2-4-15(14)19(22)24/h1-10H,11H2. The molecule has 2 amide bonds. The fourth-order valence-corrected chi connectivity index (χ4v) is 2.77. The zero-order valence-electron chi connectivity index (χ0n) is 13.8. The molecule has 0 N–H and O–H groups in total. The molecule has 0 fully saturated rings. The molecule has 4 rings (SSSR count). The molecule has 0 radical (unpaired) electrons. The van der Waals surface area contributed by atoms with Crippen LogP contribution in [0.15, 0.2) is 65.1 Å². The number of halogens is 1. The molecule has 0 spiro atoms. The summed E-state index contributed by atoms with van der Waals surface area (Å²) in [5.74, 6) is -1.97. The summed E-state index contributed by atoms with van der Waals surface area (Å²) in [6, 6.07) is 14.9. The highest BCUT2D eigenvalue weighted by Crippen LogP contribution is 2.24. The third kappa shape index (κ3) is 2.99. The zero-order valence-corrected chi connectivity index (χ0v) is 13.8. The molecule has 1 aliphatic rings. The number of esters is 1. The van der Waals surface area contributed by atoms with Gasteiger partial charge in [0.15, 0.2) is 6.73 Å². The van der Waals surface area contributed by atoms with Gasteiger partial charge >= 0.3 is 5.97 Å². The number of hydrogen-bond donors (Lipinski definition) is 0. The van der Waals surface area contributed by atoms with Crippen molar-refractivity contribution in [3.63, 3.8) is 0 Å². The largest absolute Gasteiger partial charge is 0.449 e. The van der Waals surface area contributed by atoms with Gasteiger partial charge in [0.2, 0.25) is 5.76 Å². The highest BCUT2D eigenvalue weighted by molar-refractivity contribution is 6.21. The molecule has 0 saturated carbocycles. The number of carbonyl (C=O) groups excluding carboxylic acids is 3. The Labute approximate surface area is 152 Å². The number of rotatable bonds is 4. The molecule has 134 valence electrons. The first-order chi connectivity index (χ1) is 13.0. The van der Waals surface area contributed by atoms with Crippen LogP contribution < -0.4 is 0 Å². The van der Waals surface area contributed by atoms with Crippen molar-refractivity contribution in [3.05, 3.63) is 83.4 Å². The lowest BCUT2D eigenvalue weighted by Gasteiger charge is -2.13. The molecule has 1 aromatic heterocycles. The Morgan fingerprint density at radius 1 is 0.926 bits per heavy atom. The summed E-state index contributed by atoms with van der Waals surface area (Å²) in [6.45, 7) is -0.516. The van der Waals surface area contributed by atoms with Crippen LogP contribution in [0.2, 0.25) is 0 Å². The normalized spacial score (nSPS) is 13.0. The van der Waals surface area contributed by atoms with Gasteiger partial charge in [-0.05, 0) is 48.5 Å². The van der Waals surface area contributed by atoms with Crippen LogP contribution in [0.5, 0.6) is 0 Å². The van der Waals surface area contributed by atoms with E-state index in [-0.39, 0.29) is 22.7 Å². The molecule has 0 bridgehead atoms. The molecular formula is C20H12FNO5. The fraction of sp³-hybridized carbons (Fsp3) is 0.0500. The third-order valence-corrected chi connectivity index (χ3v) is 4.14. The lowest BCUT2D eigenvalue weighted by molar-refractivity contribution is 0.0205. The number of benzene rings is 2. The van der Waals surface area contributed by atoms with E-state index in [4.69, 9.17) is 9.15 Å². The summed E-state index contributed by atoms with van der Waals surface area (Å²) in [5.41, 5.74) is 1.14. The summed E-state index contributed by atoms with van der Waals surface area (Å²) in [4.78, 5) is 37.5. The van der Waals surface area contributed by atoms with Crippen LogP contribution in [0.4, 0.5) is 4.39 Å². The first-order valence-corrected chi connectivity index (χ1v) is 8.03. The number of hydrogen-bond acceptors (Lipinski definition) is 5. The maximum Gasteiger partial charge on any atom is 0.375 e. The zero-order chi connectivity index (χ0) is 19.0. The van der Waals surface area contributed by atoms with E-state index in [1.807, 2.05) is 0 Å². The Kier molecular flexibility index (Phi) is 4.04.